The Bertz CT molecular complexity index is 1910. The average Bonchev–Trinajstić information content (AvgIpc) is 3.41. The first kappa shape index (κ1) is 29.6. The van der Waals surface area contributed by atoms with Gasteiger partial charge in [-0.25, -0.2) is 9.97 Å². The van der Waals surface area contributed by atoms with E-state index in [2.05, 4.69) is 68.0 Å². The number of nitrogens with one attached hydrogen (secondary N) is 2. The molecule has 7 rings (SSSR count). The fourth-order valence-corrected chi connectivity index (χ4v) is 6.42. The van der Waals surface area contributed by atoms with Crippen LogP contribution in [-0.4, -0.2) is 45.7 Å². The molecule has 3 aromatic carbocycles. The van der Waals surface area contributed by atoms with Gasteiger partial charge in [-0.05, 0) is 97.1 Å². The summed E-state index contributed by atoms with van der Waals surface area (Å²) in [6.45, 7) is 3.27. The number of rotatable bonds is 9. The number of para-hydroxylation sites is 1. The molecule has 2 aromatic heterocycles. The number of anilines is 1. The molecule has 2 aliphatic heterocycles. The third-order valence-corrected chi connectivity index (χ3v) is 8.97. The van der Waals surface area contributed by atoms with Crippen LogP contribution in [0.2, 0.25) is 0 Å². The minimum absolute atomic E-state index is 0.346. The number of nitrogens with zero attached hydrogens (tertiary/aromatic N) is 4. The van der Waals surface area contributed by atoms with Gasteiger partial charge < -0.3 is 15.0 Å². The molecule has 2 aliphatic rings. The molecular formula is C36H32N6O3S. The lowest BCUT2D eigenvalue weighted by Gasteiger charge is -2.32. The molecule has 2 N–H and O–H groups in total. The maximum atomic E-state index is 11.9. The summed E-state index contributed by atoms with van der Waals surface area (Å²) in [5, 5.41) is 7.91. The molecule has 46 heavy (non-hydrogen) atoms. The molecule has 0 unspecified atom stereocenters. The van der Waals surface area contributed by atoms with Crippen molar-refractivity contribution in [2.75, 3.05) is 24.5 Å². The number of aromatic nitrogens is 3. The van der Waals surface area contributed by atoms with E-state index in [0.29, 0.717) is 29.0 Å². The Morgan fingerprint density at radius 2 is 1.67 bits per heavy atom. The second kappa shape index (κ2) is 13.5. The zero-order chi connectivity index (χ0) is 31.3. The Hall–Kier alpha value is -5.06. The monoisotopic (exact) mass is 628 g/mol. The van der Waals surface area contributed by atoms with Crippen LogP contribution in [0.4, 0.5) is 10.7 Å². The summed E-state index contributed by atoms with van der Waals surface area (Å²) in [6.07, 6.45) is 5.36. The normalized spacial score (nSPS) is 16.3. The number of carbonyl (C=O) groups is 2. The van der Waals surface area contributed by atoms with Crippen LogP contribution in [0.25, 0.3) is 28.1 Å². The Balaban J connectivity index is 0.968. The number of amides is 2. The molecule has 2 amide bonds. The van der Waals surface area contributed by atoms with E-state index >= 15 is 0 Å². The summed E-state index contributed by atoms with van der Waals surface area (Å²) >= 11 is 0.888. The molecule has 0 radical (unpaired) electrons. The van der Waals surface area contributed by atoms with Gasteiger partial charge in [0.25, 0.3) is 11.1 Å². The zero-order valence-corrected chi connectivity index (χ0v) is 25.9. The van der Waals surface area contributed by atoms with Gasteiger partial charge in [-0.1, -0.05) is 42.5 Å². The SMILES string of the molecule is O=C1NC(=O)/C(=C\c2ccnc(N3CCC(CNCc4nc(-c5ccc(Oc6ccccc6)cc5)cc5ccccc45)CC3)n2)S1. The third-order valence-electron chi connectivity index (χ3n) is 8.16. The number of imide groups is 1. The van der Waals surface area contributed by atoms with Crippen LogP contribution in [-0.2, 0) is 11.3 Å². The van der Waals surface area contributed by atoms with Crippen LogP contribution in [0.1, 0.15) is 24.2 Å². The molecule has 0 spiro atoms. The van der Waals surface area contributed by atoms with Crippen LogP contribution in [0.3, 0.4) is 0 Å². The Morgan fingerprint density at radius 3 is 2.46 bits per heavy atom. The largest absolute Gasteiger partial charge is 0.457 e. The lowest BCUT2D eigenvalue weighted by atomic mass is 9.97. The highest BCUT2D eigenvalue weighted by Crippen LogP contribution is 2.29. The van der Waals surface area contributed by atoms with Gasteiger partial charge in [-0.15, -0.1) is 0 Å². The molecule has 230 valence electrons. The Labute approximate surface area is 271 Å². The van der Waals surface area contributed by atoms with Crippen molar-refractivity contribution in [3.8, 4) is 22.8 Å². The number of pyridine rings is 1. The summed E-state index contributed by atoms with van der Waals surface area (Å²) in [6, 6.07) is 30.2. The van der Waals surface area contributed by atoms with Gasteiger partial charge in [0.15, 0.2) is 0 Å². The molecule has 0 atom stereocenters. The Morgan fingerprint density at radius 1 is 0.913 bits per heavy atom. The fourth-order valence-electron chi connectivity index (χ4n) is 5.75. The van der Waals surface area contributed by atoms with Crippen LogP contribution < -0.4 is 20.3 Å². The standard InChI is InChI=1S/C36H32N6O3S/c43-34-33(46-36(44)41-34)21-27-14-17-38-35(39-27)42-18-15-24(16-19-42)22-37-23-32-30-9-5-4-6-26(30)20-31(40-32)25-10-12-29(13-11-25)45-28-7-2-1-3-8-28/h1-14,17,20-21,24,37H,15-16,18-19,22-23H2,(H,41,43,44)/b33-21+. The van der Waals surface area contributed by atoms with Gasteiger partial charge in [0.2, 0.25) is 5.95 Å². The highest BCUT2D eigenvalue weighted by molar-refractivity contribution is 8.18. The molecule has 9 nitrogen and oxygen atoms in total. The zero-order valence-electron chi connectivity index (χ0n) is 25.1. The van der Waals surface area contributed by atoms with Crippen LogP contribution in [0, 0.1) is 5.92 Å². The number of fused-ring (bicyclic) bond motifs is 1. The second-order valence-corrected chi connectivity index (χ2v) is 12.3. The number of ether oxygens (including phenoxy) is 1. The number of hydrogen-bond acceptors (Lipinski definition) is 9. The molecule has 5 aromatic rings. The van der Waals surface area contributed by atoms with E-state index in [1.807, 2.05) is 42.5 Å². The van der Waals surface area contributed by atoms with Gasteiger partial charge in [-0.2, -0.15) is 0 Å². The first-order valence-electron chi connectivity index (χ1n) is 15.3. The molecule has 0 aliphatic carbocycles. The summed E-state index contributed by atoms with van der Waals surface area (Å²) in [5.41, 5.74) is 3.62. The van der Waals surface area contributed by atoms with E-state index in [0.717, 1.165) is 78.1 Å². The molecule has 10 heteroatoms. The predicted octanol–water partition coefficient (Wildman–Crippen LogP) is 6.81. The highest BCUT2D eigenvalue weighted by atomic mass is 32.2. The van der Waals surface area contributed by atoms with E-state index in [1.54, 1.807) is 18.3 Å². The van der Waals surface area contributed by atoms with Crippen LogP contribution in [0.15, 0.2) is 102 Å². The average molecular weight is 629 g/mol. The number of thioether (sulfide) groups is 1. The number of benzene rings is 3. The molecular weight excluding hydrogens is 597 g/mol. The van der Waals surface area contributed by atoms with Crippen molar-refractivity contribution in [1.82, 2.24) is 25.6 Å². The smallest absolute Gasteiger partial charge is 0.290 e. The van der Waals surface area contributed by atoms with Gasteiger partial charge in [0, 0.05) is 36.8 Å². The van der Waals surface area contributed by atoms with E-state index in [4.69, 9.17) is 9.72 Å². The van der Waals surface area contributed by atoms with Crippen LogP contribution >= 0.6 is 11.8 Å². The lowest BCUT2D eigenvalue weighted by molar-refractivity contribution is -0.115. The fraction of sp³-hybridized carbons (Fsp3) is 0.194. The van der Waals surface area contributed by atoms with E-state index in [1.165, 1.54) is 5.39 Å². The third kappa shape index (κ3) is 6.93. The lowest BCUT2D eigenvalue weighted by Crippen LogP contribution is -2.38. The van der Waals surface area contributed by atoms with Crippen molar-refractivity contribution in [3.63, 3.8) is 0 Å². The molecule has 0 bridgehead atoms. The number of hydrogen-bond donors (Lipinski definition) is 2. The molecule has 2 saturated heterocycles. The predicted molar refractivity (Wildman–Crippen MR) is 181 cm³/mol. The van der Waals surface area contributed by atoms with Gasteiger partial charge in [0.05, 0.1) is 22.0 Å². The Kier molecular flexibility index (Phi) is 8.71. The van der Waals surface area contributed by atoms with Gasteiger partial charge >= 0.3 is 0 Å². The van der Waals surface area contributed by atoms with Crippen molar-refractivity contribution < 1.29 is 14.3 Å². The number of carbonyl (C=O) groups excluding carboxylic acids is 2. The highest BCUT2D eigenvalue weighted by Gasteiger charge is 2.26. The summed E-state index contributed by atoms with van der Waals surface area (Å²) in [5.74, 6) is 2.38. The maximum absolute atomic E-state index is 11.9. The van der Waals surface area contributed by atoms with Gasteiger partial charge in [-0.3, -0.25) is 19.9 Å². The summed E-state index contributed by atoms with van der Waals surface area (Å²) < 4.78 is 5.98. The van der Waals surface area contributed by atoms with Crippen molar-refractivity contribution in [3.05, 3.63) is 113 Å². The van der Waals surface area contributed by atoms with Crippen molar-refractivity contribution >= 4 is 45.7 Å². The minimum atomic E-state index is -0.387. The molecule has 4 heterocycles. The second-order valence-electron chi connectivity index (χ2n) is 11.3. The van der Waals surface area contributed by atoms with Crippen molar-refractivity contribution in [2.24, 2.45) is 5.92 Å². The van der Waals surface area contributed by atoms with E-state index in [9.17, 15) is 9.59 Å². The summed E-state index contributed by atoms with van der Waals surface area (Å²) in [4.78, 5) is 40.1. The first-order chi connectivity index (χ1) is 22.6. The van der Waals surface area contributed by atoms with Crippen molar-refractivity contribution in [2.45, 2.75) is 19.4 Å². The van der Waals surface area contributed by atoms with Gasteiger partial charge in [0.1, 0.15) is 11.5 Å². The topological polar surface area (TPSA) is 109 Å². The number of piperidine rings is 1. The maximum Gasteiger partial charge on any atom is 0.290 e. The van der Waals surface area contributed by atoms with Crippen molar-refractivity contribution in [1.29, 1.82) is 0 Å². The molecule has 2 fully saturated rings. The van der Waals surface area contributed by atoms with Crippen LogP contribution in [0.5, 0.6) is 11.5 Å². The quantitative estimate of drug-likeness (QED) is 0.170. The first-order valence-corrected chi connectivity index (χ1v) is 16.1. The molecule has 0 saturated carbocycles. The van der Waals surface area contributed by atoms with E-state index in [-0.39, 0.29) is 11.1 Å². The summed E-state index contributed by atoms with van der Waals surface area (Å²) in [7, 11) is 0. The minimum Gasteiger partial charge on any atom is -0.457 e. The van der Waals surface area contributed by atoms with E-state index < -0.39 is 0 Å².